The van der Waals surface area contributed by atoms with Gasteiger partial charge in [-0.05, 0) is 20.8 Å². The first-order valence-corrected chi connectivity index (χ1v) is 6.11. The monoisotopic (exact) mass is 274 g/mol. The molecule has 110 valence electrons. The maximum absolute atomic E-state index is 11.8. The maximum atomic E-state index is 11.8. The number of hydrogen-bond donors (Lipinski definition) is 2. The number of carbonyl (C=O) groups excluding carboxylic acids is 1. The maximum Gasteiger partial charge on any atom is 0.329 e. The molecule has 19 heavy (non-hydrogen) atoms. The number of rotatable bonds is 6. The molecule has 0 unspecified atom stereocenters. The lowest BCUT2D eigenvalue weighted by Crippen LogP contribution is -2.65. The van der Waals surface area contributed by atoms with Crippen molar-refractivity contribution in [3.8, 4) is 0 Å². The average Bonchev–Trinajstić information content (AvgIpc) is 2.30. The second-order valence-electron chi connectivity index (χ2n) is 5.61. The van der Waals surface area contributed by atoms with Gasteiger partial charge in [0.15, 0.2) is 0 Å². The third kappa shape index (κ3) is 4.68. The third-order valence-electron chi connectivity index (χ3n) is 3.10. The number of amides is 2. The fourth-order valence-electron chi connectivity index (χ4n) is 1.70. The number of hydrogen-bond acceptors (Lipinski definition) is 4. The van der Waals surface area contributed by atoms with Gasteiger partial charge in [0, 0.05) is 13.7 Å². The molecule has 0 spiro atoms. The lowest BCUT2D eigenvalue weighted by Gasteiger charge is -2.47. The van der Waals surface area contributed by atoms with Crippen molar-refractivity contribution in [3.05, 3.63) is 0 Å². The summed E-state index contributed by atoms with van der Waals surface area (Å²) in [7, 11) is 1.59. The molecule has 0 saturated carbocycles. The summed E-state index contributed by atoms with van der Waals surface area (Å²) in [5.74, 6) is -1.01. The molecule has 0 bridgehead atoms. The van der Waals surface area contributed by atoms with E-state index in [2.05, 4.69) is 5.32 Å². The molecule has 0 atom stereocenters. The molecule has 7 nitrogen and oxygen atoms in total. The molecule has 2 amide bonds. The van der Waals surface area contributed by atoms with Gasteiger partial charge in [-0.1, -0.05) is 0 Å². The summed E-state index contributed by atoms with van der Waals surface area (Å²) >= 11 is 0. The van der Waals surface area contributed by atoms with E-state index in [1.807, 2.05) is 13.8 Å². The van der Waals surface area contributed by atoms with Crippen LogP contribution in [0.4, 0.5) is 4.79 Å². The zero-order valence-electron chi connectivity index (χ0n) is 11.9. The van der Waals surface area contributed by atoms with Crippen LogP contribution in [0.1, 0.15) is 20.8 Å². The predicted molar refractivity (Wildman–Crippen MR) is 68.1 cm³/mol. The Morgan fingerprint density at radius 3 is 2.47 bits per heavy atom. The standard InChI is InChI=1S/C12H22N2O5/c1-11(2,18-4)6-13-10(17)14-7-12(3,8-14)19-5-9(15)16/h5-8H2,1-4H3,(H,13,17)(H,15,16). The Morgan fingerprint density at radius 1 is 1.42 bits per heavy atom. The van der Waals surface area contributed by atoms with E-state index in [1.165, 1.54) is 0 Å². The highest BCUT2D eigenvalue weighted by Gasteiger charge is 2.42. The van der Waals surface area contributed by atoms with Gasteiger partial charge in [0.2, 0.25) is 0 Å². The van der Waals surface area contributed by atoms with Crippen molar-refractivity contribution in [1.82, 2.24) is 10.2 Å². The number of nitrogens with one attached hydrogen (secondary N) is 1. The second-order valence-corrected chi connectivity index (χ2v) is 5.61. The lowest BCUT2D eigenvalue weighted by atomic mass is 9.97. The van der Waals surface area contributed by atoms with Crippen molar-refractivity contribution in [3.63, 3.8) is 0 Å². The molecule has 0 aromatic rings. The van der Waals surface area contributed by atoms with E-state index in [-0.39, 0.29) is 12.6 Å². The Balaban J connectivity index is 2.29. The first-order chi connectivity index (χ1) is 8.67. The number of carboxylic acid groups (broad SMARTS) is 1. The van der Waals surface area contributed by atoms with Crippen LogP contribution in [-0.2, 0) is 14.3 Å². The van der Waals surface area contributed by atoms with Crippen LogP contribution in [0, 0.1) is 0 Å². The molecule has 1 saturated heterocycles. The Hall–Kier alpha value is -1.34. The van der Waals surface area contributed by atoms with E-state index < -0.39 is 17.2 Å². The number of urea groups is 1. The van der Waals surface area contributed by atoms with Crippen LogP contribution in [0.5, 0.6) is 0 Å². The minimum atomic E-state index is -1.01. The predicted octanol–water partition coefficient (Wildman–Crippen LogP) is 0.297. The van der Waals surface area contributed by atoms with Gasteiger partial charge in [-0.2, -0.15) is 0 Å². The molecule has 0 radical (unpaired) electrons. The summed E-state index contributed by atoms with van der Waals surface area (Å²) in [6.45, 7) is 6.39. The highest BCUT2D eigenvalue weighted by molar-refractivity contribution is 5.75. The first-order valence-electron chi connectivity index (χ1n) is 6.11. The molecule has 0 aliphatic carbocycles. The fourth-order valence-corrected chi connectivity index (χ4v) is 1.70. The normalized spacial score (nSPS) is 17.8. The summed E-state index contributed by atoms with van der Waals surface area (Å²) < 4.78 is 10.4. The van der Waals surface area contributed by atoms with E-state index >= 15 is 0 Å². The van der Waals surface area contributed by atoms with Crippen molar-refractivity contribution in [2.75, 3.05) is 33.4 Å². The first kappa shape index (κ1) is 15.7. The van der Waals surface area contributed by atoms with Crippen LogP contribution in [0.25, 0.3) is 0 Å². The largest absolute Gasteiger partial charge is 0.480 e. The summed E-state index contributed by atoms with van der Waals surface area (Å²) in [4.78, 5) is 23.8. The van der Waals surface area contributed by atoms with E-state index in [1.54, 1.807) is 18.9 Å². The number of ether oxygens (including phenoxy) is 2. The quantitative estimate of drug-likeness (QED) is 0.727. The van der Waals surface area contributed by atoms with Crippen molar-refractivity contribution in [2.45, 2.75) is 32.0 Å². The Kier molecular flexibility index (Phi) is 4.75. The van der Waals surface area contributed by atoms with Crippen LogP contribution >= 0.6 is 0 Å². The van der Waals surface area contributed by atoms with Gasteiger partial charge in [-0.15, -0.1) is 0 Å². The smallest absolute Gasteiger partial charge is 0.329 e. The molecule has 1 aliphatic heterocycles. The molecular weight excluding hydrogens is 252 g/mol. The number of nitrogens with zero attached hydrogens (tertiary/aromatic N) is 1. The fraction of sp³-hybridized carbons (Fsp3) is 0.833. The van der Waals surface area contributed by atoms with Gasteiger partial charge in [-0.25, -0.2) is 9.59 Å². The zero-order chi connectivity index (χ0) is 14.7. The topological polar surface area (TPSA) is 88.1 Å². The van der Waals surface area contributed by atoms with E-state index in [0.29, 0.717) is 19.6 Å². The number of likely N-dealkylation sites (tertiary alicyclic amines) is 1. The Morgan fingerprint density at radius 2 is 2.00 bits per heavy atom. The van der Waals surface area contributed by atoms with Gasteiger partial charge in [0.05, 0.1) is 18.7 Å². The molecule has 2 N–H and O–H groups in total. The van der Waals surface area contributed by atoms with E-state index in [4.69, 9.17) is 14.6 Å². The van der Waals surface area contributed by atoms with Crippen LogP contribution in [-0.4, -0.2) is 66.6 Å². The van der Waals surface area contributed by atoms with Gasteiger partial charge in [-0.3, -0.25) is 0 Å². The van der Waals surface area contributed by atoms with Gasteiger partial charge in [0.25, 0.3) is 0 Å². The van der Waals surface area contributed by atoms with Crippen molar-refractivity contribution < 1.29 is 24.2 Å². The molecule has 7 heteroatoms. The van der Waals surface area contributed by atoms with Crippen LogP contribution < -0.4 is 5.32 Å². The van der Waals surface area contributed by atoms with Crippen molar-refractivity contribution in [1.29, 1.82) is 0 Å². The van der Waals surface area contributed by atoms with Gasteiger partial charge in [0.1, 0.15) is 12.2 Å². The Labute approximate surface area is 112 Å². The average molecular weight is 274 g/mol. The lowest BCUT2D eigenvalue weighted by molar-refractivity contribution is -0.159. The van der Waals surface area contributed by atoms with Crippen LogP contribution in [0.15, 0.2) is 0 Å². The minimum Gasteiger partial charge on any atom is -0.480 e. The third-order valence-corrected chi connectivity index (χ3v) is 3.10. The molecule has 0 aromatic heterocycles. The molecule has 1 rings (SSSR count). The number of aliphatic carboxylic acids is 1. The molecule has 1 fully saturated rings. The zero-order valence-corrected chi connectivity index (χ0v) is 11.9. The minimum absolute atomic E-state index is 0.193. The molecule has 1 heterocycles. The number of carboxylic acids is 1. The number of methoxy groups -OCH3 is 1. The summed E-state index contributed by atoms with van der Waals surface area (Å²) in [5.41, 5.74) is -0.976. The molecular formula is C12H22N2O5. The van der Waals surface area contributed by atoms with Gasteiger partial charge < -0.3 is 24.8 Å². The van der Waals surface area contributed by atoms with E-state index in [9.17, 15) is 9.59 Å². The highest BCUT2D eigenvalue weighted by atomic mass is 16.5. The SMILES string of the molecule is COC(C)(C)CNC(=O)N1CC(C)(OCC(=O)O)C1. The number of carbonyl (C=O) groups is 2. The molecule has 0 aromatic carbocycles. The van der Waals surface area contributed by atoms with Gasteiger partial charge >= 0.3 is 12.0 Å². The highest BCUT2D eigenvalue weighted by Crippen LogP contribution is 2.24. The molecule has 1 aliphatic rings. The van der Waals surface area contributed by atoms with Crippen molar-refractivity contribution >= 4 is 12.0 Å². The summed E-state index contributed by atoms with van der Waals surface area (Å²) in [6.07, 6.45) is 0. The Bertz CT molecular complexity index is 350. The van der Waals surface area contributed by atoms with Crippen LogP contribution in [0.2, 0.25) is 0 Å². The van der Waals surface area contributed by atoms with Crippen molar-refractivity contribution in [2.24, 2.45) is 0 Å². The summed E-state index contributed by atoms with van der Waals surface area (Å²) in [5, 5.41) is 11.3. The second kappa shape index (κ2) is 5.75. The van der Waals surface area contributed by atoms with E-state index in [0.717, 1.165) is 0 Å². The van der Waals surface area contributed by atoms with Crippen LogP contribution in [0.3, 0.4) is 0 Å². The summed E-state index contributed by atoms with van der Waals surface area (Å²) in [6, 6.07) is -0.193.